The number of ether oxygens (including phenoxy) is 2. The van der Waals surface area contributed by atoms with Crippen LogP contribution in [-0.4, -0.2) is 35.8 Å². The molecule has 122 valence electrons. The van der Waals surface area contributed by atoms with Crippen molar-refractivity contribution in [2.75, 3.05) is 26.1 Å². The van der Waals surface area contributed by atoms with Gasteiger partial charge in [0.05, 0.1) is 14.2 Å². The average molecular weight is 397 g/mol. The van der Waals surface area contributed by atoms with Crippen LogP contribution >= 0.6 is 28.1 Å². The first-order chi connectivity index (χ1) is 11.1. The summed E-state index contributed by atoms with van der Waals surface area (Å²) in [6.07, 6.45) is 3.95. The van der Waals surface area contributed by atoms with Gasteiger partial charge in [-0.1, -0.05) is 6.07 Å². The van der Waals surface area contributed by atoms with Gasteiger partial charge in [0.2, 0.25) is 0 Å². The van der Waals surface area contributed by atoms with Crippen molar-refractivity contribution in [1.29, 1.82) is 0 Å². The lowest BCUT2D eigenvalue weighted by Gasteiger charge is -2.13. The second-order valence-corrected chi connectivity index (χ2v) is 5.66. The molecule has 0 fully saturated rings. The number of methoxy groups -OCH3 is 2. The normalized spacial score (nSPS) is 10.0. The zero-order valence-electron chi connectivity index (χ0n) is 12.8. The largest absolute Gasteiger partial charge is 0.497 e. The van der Waals surface area contributed by atoms with E-state index in [0.29, 0.717) is 22.1 Å². The molecule has 0 saturated heterocycles. The number of hydrogen-bond donors (Lipinski definition) is 2. The van der Waals surface area contributed by atoms with Crippen molar-refractivity contribution in [3.8, 4) is 11.5 Å². The first kappa shape index (κ1) is 17.4. The molecule has 1 aromatic heterocycles. The van der Waals surface area contributed by atoms with Gasteiger partial charge < -0.3 is 20.1 Å². The van der Waals surface area contributed by atoms with E-state index in [4.69, 9.17) is 21.7 Å². The lowest BCUT2D eigenvalue weighted by Crippen LogP contribution is -2.30. The number of aromatic nitrogens is 2. The molecule has 0 radical (unpaired) electrons. The fourth-order valence-electron chi connectivity index (χ4n) is 1.93. The predicted molar refractivity (Wildman–Crippen MR) is 97.2 cm³/mol. The average Bonchev–Trinajstić information content (AvgIpc) is 2.57. The molecule has 2 rings (SSSR count). The van der Waals surface area contributed by atoms with Gasteiger partial charge in [0.25, 0.3) is 0 Å². The topological polar surface area (TPSA) is 68.3 Å². The molecule has 6 nitrogen and oxygen atoms in total. The van der Waals surface area contributed by atoms with Crippen LogP contribution in [0.25, 0.3) is 0 Å². The summed E-state index contributed by atoms with van der Waals surface area (Å²) in [5, 5.41) is 6.61. The van der Waals surface area contributed by atoms with Crippen LogP contribution in [0, 0.1) is 0 Å². The maximum Gasteiger partial charge on any atom is 0.172 e. The van der Waals surface area contributed by atoms with Gasteiger partial charge in [0.15, 0.2) is 10.9 Å². The minimum Gasteiger partial charge on any atom is -0.497 e. The van der Waals surface area contributed by atoms with Crippen LogP contribution in [-0.2, 0) is 6.42 Å². The standard InChI is InChI=1S/C15H17BrN4O2S/c1-21-11-4-3-10(12(9-11)22-2)5-6-19-15(23)20-14-13(16)17-7-8-18-14/h3-4,7-9H,5-6H2,1-2H3,(H2,18,19,20,23). The van der Waals surface area contributed by atoms with E-state index in [0.717, 1.165) is 23.5 Å². The van der Waals surface area contributed by atoms with E-state index in [1.165, 1.54) is 0 Å². The molecular weight excluding hydrogens is 380 g/mol. The molecule has 0 saturated carbocycles. The Labute approximate surface area is 148 Å². The molecule has 0 atom stereocenters. The maximum atomic E-state index is 5.38. The first-order valence-electron chi connectivity index (χ1n) is 6.86. The van der Waals surface area contributed by atoms with Gasteiger partial charge in [-0.15, -0.1) is 0 Å². The zero-order chi connectivity index (χ0) is 16.7. The van der Waals surface area contributed by atoms with E-state index in [1.807, 2.05) is 18.2 Å². The number of rotatable bonds is 6. The maximum absolute atomic E-state index is 5.38. The van der Waals surface area contributed by atoms with Crippen LogP contribution in [0.5, 0.6) is 11.5 Å². The smallest absolute Gasteiger partial charge is 0.172 e. The molecule has 1 aromatic carbocycles. The number of halogens is 1. The predicted octanol–water partition coefficient (Wildman–Crippen LogP) is 2.79. The van der Waals surface area contributed by atoms with Crippen LogP contribution in [0.2, 0.25) is 0 Å². The van der Waals surface area contributed by atoms with Crippen LogP contribution < -0.4 is 20.1 Å². The Bertz CT molecular complexity index is 684. The second-order valence-electron chi connectivity index (χ2n) is 4.50. The van der Waals surface area contributed by atoms with Crippen molar-refractivity contribution in [1.82, 2.24) is 15.3 Å². The molecule has 2 N–H and O–H groups in total. The highest BCUT2D eigenvalue weighted by Crippen LogP contribution is 2.24. The van der Waals surface area contributed by atoms with E-state index in [2.05, 4.69) is 36.5 Å². The molecule has 0 bridgehead atoms. The lowest BCUT2D eigenvalue weighted by atomic mass is 10.1. The molecule has 0 spiro atoms. The Balaban J connectivity index is 1.87. The molecule has 0 amide bonds. The van der Waals surface area contributed by atoms with Crippen LogP contribution in [0.3, 0.4) is 0 Å². The molecule has 0 aliphatic carbocycles. The fourth-order valence-corrected chi connectivity index (χ4v) is 2.44. The van der Waals surface area contributed by atoms with E-state index in [1.54, 1.807) is 26.6 Å². The molecule has 23 heavy (non-hydrogen) atoms. The summed E-state index contributed by atoms with van der Waals surface area (Å²) in [6.45, 7) is 0.659. The van der Waals surface area contributed by atoms with Crippen molar-refractivity contribution in [3.05, 3.63) is 40.8 Å². The van der Waals surface area contributed by atoms with Gasteiger partial charge in [-0.25, -0.2) is 9.97 Å². The summed E-state index contributed by atoms with van der Waals surface area (Å²) < 4.78 is 11.2. The van der Waals surface area contributed by atoms with Crippen LogP contribution in [0.1, 0.15) is 5.56 Å². The van der Waals surface area contributed by atoms with Crippen LogP contribution in [0.4, 0.5) is 5.82 Å². The molecule has 0 aliphatic heterocycles. The Kier molecular flexibility index (Phi) is 6.54. The Morgan fingerprint density at radius 3 is 2.70 bits per heavy atom. The molecular formula is C15H17BrN4O2S. The summed E-state index contributed by atoms with van der Waals surface area (Å²) in [5.41, 5.74) is 1.07. The Hall–Kier alpha value is -1.93. The van der Waals surface area contributed by atoms with E-state index < -0.39 is 0 Å². The second kappa shape index (κ2) is 8.64. The summed E-state index contributed by atoms with van der Waals surface area (Å²) in [4.78, 5) is 8.22. The number of nitrogens with zero attached hydrogens (tertiary/aromatic N) is 2. The van der Waals surface area contributed by atoms with Crippen molar-refractivity contribution in [2.45, 2.75) is 6.42 Å². The van der Waals surface area contributed by atoms with Gasteiger partial charge in [0, 0.05) is 25.0 Å². The SMILES string of the molecule is COc1ccc(CCNC(=S)Nc2nccnc2Br)c(OC)c1. The number of thiocarbonyl (C=S) groups is 1. The number of nitrogens with one attached hydrogen (secondary N) is 2. The van der Waals surface area contributed by atoms with E-state index >= 15 is 0 Å². The van der Waals surface area contributed by atoms with Crippen LogP contribution in [0.15, 0.2) is 35.2 Å². The van der Waals surface area contributed by atoms with Gasteiger partial charge in [0.1, 0.15) is 16.1 Å². The fraction of sp³-hybridized carbons (Fsp3) is 0.267. The number of hydrogen-bond acceptors (Lipinski definition) is 5. The zero-order valence-corrected chi connectivity index (χ0v) is 15.2. The Morgan fingerprint density at radius 2 is 2.00 bits per heavy atom. The first-order valence-corrected chi connectivity index (χ1v) is 8.06. The highest BCUT2D eigenvalue weighted by atomic mass is 79.9. The minimum atomic E-state index is 0.485. The number of benzene rings is 1. The third kappa shape index (κ3) is 5.04. The quantitative estimate of drug-likeness (QED) is 0.727. The summed E-state index contributed by atoms with van der Waals surface area (Å²) in [5.74, 6) is 2.14. The molecule has 2 aromatic rings. The highest BCUT2D eigenvalue weighted by Gasteiger charge is 2.07. The van der Waals surface area contributed by atoms with Crippen molar-refractivity contribution < 1.29 is 9.47 Å². The molecule has 0 aliphatic rings. The van der Waals surface area contributed by atoms with Gasteiger partial charge in [-0.3, -0.25) is 0 Å². The van der Waals surface area contributed by atoms with Gasteiger partial charge >= 0.3 is 0 Å². The summed E-state index contributed by atoms with van der Waals surface area (Å²) in [6, 6.07) is 5.75. The molecule has 1 heterocycles. The lowest BCUT2D eigenvalue weighted by molar-refractivity contribution is 0.391. The summed E-state index contributed by atoms with van der Waals surface area (Å²) in [7, 11) is 3.27. The number of anilines is 1. The Morgan fingerprint density at radius 1 is 1.22 bits per heavy atom. The third-order valence-electron chi connectivity index (χ3n) is 3.06. The summed E-state index contributed by atoms with van der Waals surface area (Å²) >= 11 is 8.56. The monoisotopic (exact) mass is 396 g/mol. The molecule has 8 heteroatoms. The minimum absolute atomic E-state index is 0.485. The van der Waals surface area contributed by atoms with Crippen molar-refractivity contribution >= 4 is 39.1 Å². The highest BCUT2D eigenvalue weighted by molar-refractivity contribution is 9.10. The van der Waals surface area contributed by atoms with Crippen molar-refractivity contribution in [2.24, 2.45) is 0 Å². The van der Waals surface area contributed by atoms with Gasteiger partial charge in [-0.05, 0) is 46.2 Å². The van der Waals surface area contributed by atoms with Gasteiger partial charge in [-0.2, -0.15) is 0 Å². The third-order valence-corrected chi connectivity index (χ3v) is 3.89. The van der Waals surface area contributed by atoms with E-state index in [9.17, 15) is 0 Å². The van der Waals surface area contributed by atoms with E-state index in [-0.39, 0.29) is 0 Å². The molecule has 0 unspecified atom stereocenters. The van der Waals surface area contributed by atoms with Crippen molar-refractivity contribution in [3.63, 3.8) is 0 Å².